The molecule has 0 aromatic rings. The molecule has 1 N–H and O–H groups in total. The molecule has 0 fully saturated rings. The van der Waals surface area contributed by atoms with Crippen LogP contribution in [0.5, 0.6) is 0 Å². The summed E-state index contributed by atoms with van der Waals surface area (Å²) >= 11 is 0. The van der Waals surface area contributed by atoms with E-state index in [4.69, 9.17) is 0 Å². The van der Waals surface area contributed by atoms with Crippen molar-refractivity contribution in [3.63, 3.8) is 0 Å². The molecule has 0 amide bonds. The van der Waals surface area contributed by atoms with Crippen LogP contribution in [0.15, 0.2) is 36.7 Å². The Bertz CT molecular complexity index is 189. The van der Waals surface area contributed by atoms with Crippen LogP contribution in [0.3, 0.4) is 0 Å². The van der Waals surface area contributed by atoms with E-state index in [0.717, 1.165) is 0 Å². The lowest BCUT2D eigenvalue weighted by Crippen LogP contribution is -1.96. The summed E-state index contributed by atoms with van der Waals surface area (Å²) in [4.78, 5) is 10.6. The minimum atomic E-state index is 0.00634. The van der Waals surface area contributed by atoms with Gasteiger partial charge in [-0.05, 0) is 12.2 Å². The second-order valence-corrected chi connectivity index (χ2v) is 1.62. The Labute approximate surface area is 53.6 Å². The molecular weight excluding hydrogens is 114 g/mol. The zero-order valence-corrected chi connectivity index (χ0v) is 4.87. The Morgan fingerprint density at radius 3 is 2.89 bits per heavy atom. The fraction of sp³-hybridized carbons (Fsp3) is 0. The summed E-state index contributed by atoms with van der Waals surface area (Å²) in [6.07, 6.45) is 9.79. The van der Waals surface area contributed by atoms with Crippen LogP contribution in [0.4, 0.5) is 0 Å². The second kappa shape index (κ2) is 2.87. The first-order valence-electron chi connectivity index (χ1n) is 2.69. The number of rotatable bonds is 0. The van der Waals surface area contributed by atoms with E-state index in [1.165, 1.54) is 12.2 Å². The molecular formula is C7H7NO. The van der Waals surface area contributed by atoms with Gasteiger partial charge in [-0.25, -0.2) is 0 Å². The standard InChI is InChI=1S/C7H7NO/c9-7-3-1-2-5-8-6-4-7/h1-6,8H/b3-1-,5-2-,6-4-. The molecule has 0 atom stereocenters. The molecule has 0 aromatic carbocycles. The Morgan fingerprint density at radius 2 is 2.00 bits per heavy atom. The van der Waals surface area contributed by atoms with Crippen molar-refractivity contribution in [2.24, 2.45) is 0 Å². The number of hydrogen-bond acceptors (Lipinski definition) is 2. The fourth-order valence-corrected chi connectivity index (χ4v) is 0.503. The first-order chi connectivity index (χ1) is 4.39. The maximum absolute atomic E-state index is 10.6. The summed E-state index contributed by atoms with van der Waals surface area (Å²) in [6.45, 7) is 0. The monoisotopic (exact) mass is 121 g/mol. The minimum absolute atomic E-state index is 0.00634. The number of ketones is 1. The quantitative estimate of drug-likeness (QED) is 0.512. The molecule has 1 heterocycles. The van der Waals surface area contributed by atoms with E-state index in [2.05, 4.69) is 5.32 Å². The number of allylic oxidation sites excluding steroid dienone is 4. The molecule has 1 rings (SSSR count). The fourth-order valence-electron chi connectivity index (χ4n) is 0.503. The lowest BCUT2D eigenvalue weighted by atomic mass is 10.3. The number of hydrogen-bond donors (Lipinski definition) is 1. The highest BCUT2D eigenvalue weighted by Gasteiger charge is 1.85. The maximum Gasteiger partial charge on any atom is 0.180 e. The van der Waals surface area contributed by atoms with Crippen LogP contribution in [-0.2, 0) is 4.79 Å². The number of nitrogens with one attached hydrogen (secondary N) is 1. The Balaban J connectivity index is 2.72. The van der Waals surface area contributed by atoms with Gasteiger partial charge in [0, 0.05) is 18.5 Å². The Morgan fingerprint density at radius 1 is 1.11 bits per heavy atom. The average molecular weight is 121 g/mol. The number of carbonyl (C=O) groups is 1. The maximum atomic E-state index is 10.6. The van der Waals surface area contributed by atoms with E-state index >= 15 is 0 Å². The van der Waals surface area contributed by atoms with Gasteiger partial charge in [0.15, 0.2) is 5.78 Å². The predicted molar refractivity (Wildman–Crippen MR) is 35.6 cm³/mol. The molecule has 46 valence electrons. The van der Waals surface area contributed by atoms with Crippen LogP contribution < -0.4 is 5.32 Å². The topological polar surface area (TPSA) is 29.1 Å². The van der Waals surface area contributed by atoms with Crippen molar-refractivity contribution >= 4 is 5.78 Å². The van der Waals surface area contributed by atoms with E-state index in [9.17, 15) is 4.79 Å². The highest BCUT2D eigenvalue weighted by Crippen LogP contribution is 1.84. The lowest BCUT2D eigenvalue weighted by Gasteiger charge is -1.89. The van der Waals surface area contributed by atoms with Gasteiger partial charge in [-0.15, -0.1) is 0 Å². The third-order valence-electron chi connectivity index (χ3n) is 0.908. The molecule has 1 aliphatic heterocycles. The minimum Gasteiger partial charge on any atom is -0.367 e. The smallest absolute Gasteiger partial charge is 0.180 e. The van der Waals surface area contributed by atoms with Crippen molar-refractivity contribution in [1.82, 2.24) is 5.32 Å². The first kappa shape index (κ1) is 5.82. The molecule has 2 nitrogen and oxygen atoms in total. The van der Waals surface area contributed by atoms with Gasteiger partial charge in [0.25, 0.3) is 0 Å². The van der Waals surface area contributed by atoms with Crippen molar-refractivity contribution in [3.05, 3.63) is 36.7 Å². The van der Waals surface area contributed by atoms with Crippen LogP contribution in [0.25, 0.3) is 0 Å². The van der Waals surface area contributed by atoms with Gasteiger partial charge in [0.05, 0.1) is 0 Å². The Hall–Kier alpha value is -1.31. The first-order valence-corrected chi connectivity index (χ1v) is 2.69. The second-order valence-electron chi connectivity index (χ2n) is 1.62. The van der Waals surface area contributed by atoms with E-state index in [1.54, 1.807) is 24.6 Å². The van der Waals surface area contributed by atoms with Gasteiger partial charge in [0.1, 0.15) is 0 Å². The average Bonchev–Trinajstić information content (AvgIpc) is 1.79. The van der Waals surface area contributed by atoms with Crippen molar-refractivity contribution in [2.75, 3.05) is 0 Å². The van der Waals surface area contributed by atoms with Crippen molar-refractivity contribution in [1.29, 1.82) is 0 Å². The van der Waals surface area contributed by atoms with Gasteiger partial charge in [-0.3, -0.25) is 4.79 Å². The Kier molecular flexibility index (Phi) is 1.85. The zero-order valence-electron chi connectivity index (χ0n) is 4.87. The van der Waals surface area contributed by atoms with Gasteiger partial charge >= 0.3 is 0 Å². The highest BCUT2D eigenvalue weighted by atomic mass is 16.1. The van der Waals surface area contributed by atoms with Crippen LogP contribution >= 0.6 is 0 Å². The SMILES string of the molecule is O=C1/C=C\C=C/N/C=C\1. The summed E-state index contributed by atoms with van der Waals surface area (Å²) in [7, 11) is 0. The van der Waals surface area contributed by atoms with Gasteiger partial charge in [0.2, 0.25) is 0 Å². The molecule has 0 spiro atoms. The summed E-state index contributed by atoms with van der Waals surface area (Å²) in [5.41, 5.74) is 0. The van der Waals surface area contributed by atoms with Gasteiger partial charge < -0.3 is 5.32 Å². The van der Waals surface area contributed by atoms with Crippen LogP contribution in [0.1, 0.15) is 0 Å². The van der Waals surface area contributed by atoms with E-state index < -0.39 is 0 Å². The molecule has 0 saturated heterocycles. The van der Waals surface area contributed by atoms with Gasteiger partial charge in [-0.1, -0.05) is 6.08 Å². The summed E-state index contributed by atoms with van der Waals surface area (Å²) in [5.74, 6) is 0.00634. The third kappa shape index (κ3) is 1.95. The molecule has 9 heavy (non-hydrogen) atoms. The summed E-state index contributed by atoms with van der Waals surface area (Å²) in [5, 5.41) is 2.78. The van der Waals surface area contributed by atoms with Crippen LogP contribution in [0.2, 0.25) is 0 Å². The van der Waals surface area contributed by atoms with Gasteiger partial charge in [-0.2, -0.15) is 0 Å². The molecule has 0 unspecified atom stereocenters. The lowest BCUT2D eigenvalue weighted by molar-refractivity contribution is -0.110. The zero-order chi connectivity index (χ0) is 6.53. The van der Waals surface area contributed by atoms with Crippen LogP contribution in [0, 0.1) is 0 Å². The van der Waals surface area contributed by atoms with Crippen molar-refractivity contribution < 1.29 is 4.79 Å². The largest absolute Gasteiger partial charge is 0.367 e. The van der Waals surface area contributed by atoms with Crippen molar-refractivity contribution in [3.8, 4) is 0 Å². The molecule has 0 radical (unpaired) electrons. The highest BCUT2D eigenvalue weighted by molar-refractivity contribution is 5.99. The van der Waals surface area contributed by atoms with E-state index in [0.29, 0.717) is 0 Å². The van der Waals surface area contributed by atoms with E-state index in [-0.39, 0.29) is 5.78 Å². The summed E-state index contributed by atoms with van der Waals surface area (Å²) in [6, 6.07) is 0. The predicted octanol–water partition coefficient (Wildman–Crippen LogP) is 0.742. The molecule has 0 bridgehead atoms. The number of carbonyl (C=O) groups excluding carboxylic acids is 1. The molecule has 0 saturated carbocycles. The van der Waals surface area contributed by atoms with Crippen LogP contribution in [-0.4, -0.2) is 5.78 Å². The molecule has 0 aliphatic carbocycles. The normalized spacial score (nSPS) is 27.3. The molecule has 1 aliphatic rings. The third-order valence-corrected chi connectivity index (χ3v) is 0.908. The molecule has 2 heteroatoms. The summed E-state index contributed by atoms with van der Waals surface area (Å²) < 4.78 is 0. The van der Waals surface area contributed by atoms with Crippen molar-refractivity contribution in [2.45, 2.75) is 0 Å². The van der Waals surface area contributed by atoms with E-state index in [1.807, 2.05) is 0 Å². The molecule has 0 aromatic heterocycles.